The van der Waals surface area contributed by atoms with Gasteiger partial charge in [0.15, 0.2) is 0 Å². The molecule has 2 aromatic rings. The van der Waals surface area contributed by atoms with Crippen molar-refractivity contribution in [2.45, 2.75) is 26.2 Å². The Hall–Kier alpha value is -2.43. The molecule has 0 spiro atoms. The maximum atomic E-state index is 12.9. The molecule has 114 valence electrons. The van der Waals surface area contributed by atoms with Gasteiger partial charge in [-0.15, -0.1) is 0 Å². The summed E-state index contributed by atoms with van der Waals surface area (Å²) in [6.45, 7) is 2.16. The average Bonchev–Trinajstić information content (AvgIpc) is 2.49. The van der Waals surface area contributed by atoms with Crippen molar-refractivity contribution in [2.24, 2.45) is 5.92 Å². The van der Waals surface area contributed by atoms with Crippen LogP contribution in [0.25, 0.3) is 0 Å². The van der Waals surface area contributed by atoms with Crippen LogP contribution in [0.5, 0.6) is 0 Å². The first kappa shape index (κ1) is 14.5. The number of hydrogen-bond acceptors (Lipinski definition) is 2. The van der Waals surface area contributed by atoms with E-state index in [0.717, 1.165) is 30.5 Å². The Labute approximate surface area is 127 Å². The highest BCUT2D eigenvalue weighted by molar-refractivity contribution is 6.04. The molecular formula is C17H17FN2O2. The molecule has 1 atom stereocenters. The van der Waals surface area contributed by atoms with Gasteiger partial charge >= 0.3 is 0 Å². The fourth-order valence-corrected chi connectivity index (χ4v) is 2.79. The lowest BCUT2D eigenvalue weighted by Crippen LogP contribution is -2.27. The first-order valence-electron chi connectivity index (χ1n) is 7.35. The van der Waals surface area contributed by atoms with Crippen molar-refractivity contribution >= 4 is 11.6 Å². The van der Waals surface area contributed by atoms with Gasteiger partial charge < -0.3 is 10.3 Å². The van der Waals surface area contributed by atoms with E-state index < -0.39 is 5.91 Å². The lowest BCUT2D eigenvalue weighted by Gasteiger charge is -2.21. The van der Waals surface area contributed by atoms with Gasteiger partial charge in [0.2, 0.25) is 0 Å². The maximum Gasteiger partial charge on any atom is 0.261 e. The number of benzene rings is 1. The molecule has 0 radical (unpaired) electrons. The molecule has 0 bridgehead atoms. The minimum atomic E-state index is -0.478. The van der Waals surface area contributed by atoms with Crippen LogP contribution in [0.1, 0.15) is 35.0 Å². The van der Waals surface area contributed by atoms with Crippen LogP contribution in [0.15, 0.2) is 35.1 Å². The molecule has 1 aliphatic rings. The second-order valence-corrected chi connectivity index (χ2v) is 5.82. The summed E-state index contributed by atoms with van der Waals surface area (Å²) in [5, 5.41) is 2.62. The summed E-state index contributed by atoms with van der Waals surface area (Å²) in [4.78, 5) is 27.2. The predicted octanol–water partition coefficient (Wildman–Crippen LogP) is 2.89. The van der Waals surface area contributed by atoms with E-state index in [2.05, 4.69) is 17.2 Å². The molecular weight excluding hydrogens is 283 g/mol. The largest absolute Gasteiger partial charge is 0.325 e. The van der Waals surface area contributed by atoms with E-state index in [4.69, 9.17) is 0 Å². The molecule has 0 aliphatic heterocycles. The predicted molar refractivity (Wildman–Crippen MR) is 82.6 cm³/mol. The van der Waals surface area contributed by atoms with E-state index in [1.54, 1.807) is 6.07 Å². The molecule has 1 amide bonds. The quantitative estimate of drug-likeness (QED) is 0.896. The molecule has 0 unspecified atom stereocenters. The number of nitrogens with one attached hydrogen (secondary N) is 2. The molecule has 0 fully saturated rings. The van der Waals surface area contributed by atoms with Crippen LogP contribution in [-0.4, -0.2) is 10.9 Å². The monoisotopic (exact) mass is 300 g/mol. The Morgan fingerprint density at radius 2 is 2.05 bits per heavy atom. The molecule has 1 aromatic carbocycles. The summed E-state index contributed by atoms with van der Waals surface area (Å²) in [7, 11) is 0. The standard InChI is InChI=1S/C17H17FN2O2/c1-10-2-7-15-11(8-10)9-14(17(22)20-15)16(21)19-13-5-3-12(18)4-6-13/h3-6,9-10H,2,7-8H2,1H3,(H,19,21)(H,20,22)/t10-/m1/s1. The molecule has 1 aliphatic carbocycles. The number of halogens is 1. The summed E-state index contributed by atoms with van der Waals surface area (Å²) in [6, 6.07) is 7.12. The van der Waals surface area contributed by atoms with E-state index in [1.807, 2.05) is 0 Å². The van der Waals surface area contributed by atoms with Crippen LogP contribution in [0.3, 0.4) is 0 Å². The van der Waals surface area contributed by atoms with Gasteiger partial charge in [-0.3, -0.25) is 9.59 Å². The Balaban J connectivity index is 1.87. The number of carbonyl (C=O) groups excluding carboxylic acids is 1. The van der Waals surface area contributed by atoms with Crippen LogP contribution >= 0.6 is 0 Å². The van der Waals surface area contributed by atoms with E-state index in [0.29, 0.717) is 11.6 Å². The number of amides is 1. The van der Waals surface area contributed by atoms with Crippen LogP contribution in [0.2, 0.25) is 0 Å². The number of fused-ring (bicyclic) bond motifs is 1. The van der Waals surface area contributed by atoms with Crippen LogP contribution in [-0.2, 0) is 12.8 Å². The van der Waals surface area contributed by atoms with Gasteiger partial charge in [-0.05, 0) is 61.1 Å². The minimum Gasteiger partial charge on any atom is -0.325 e. The first-order valence-corrected chi connectivity index (χ1v) is 7.35. The number of rotatable bonds is 2. The average molecular weight is 300 g/mol. The van der Waals surface area contributed by atoms with Crippen LogP contribution < -0.4 is 10.9 Å². The van der Waals surface area contributed by atoms with Gasteiger partial charge in [-0.1, -0.05) is 6.92 Å². The smallest absolute Gasteiger partial charge is 0.261 e. The highest BCUT2D eigenvalue weighted by atomic mass is 19.1. The highest BCUT2D eigenvalue weighted by Gasteiger charge is 2.20. The summed E-state index contributed by atoms with van der Waals surface area (Å²) >= 11 is 0. The normalized spacial score (nSPS) is 16.9. The Morgan fingerprint density at radius 3 is 2.77 bits per heavy atom. The lowest BCUT2D eigenvalue weighted by molar-refractivity contribution is 0.102. The summed E-state index contributed by atoms with van der Waals surface area (Å²) in [5.74, 6) is -0.307. The van der Waals surface area contributed by atoms with Crippen molar-refractivity contribution < 1.29 is 9.18 Å². The van der Waals surface area contributed by atoms with Crippen molar-refractivity contribution in [1.29, 1.82) is 0 Å². The number of carbonyl (C=O) groups is 1. The van der Waals surface area contributed by atoms with Crippen molar-refractivity contribution in [1.82, 2.24) is 4.98 Å². The third-order valence-electron chi connectivity index (χ3n) is 4.02. The highest BCUT2D eigenvalue weighted by Crippen LogP contribution is 2.23. The summed E-state index contributed by atoms with van der Waals surface area (Å²) in [6.07, 6.45) is 2.75. The minimum absolute atomic E-state index is 0.0946. The van der Waals surface area contributed by atoms with Gasteiger partial charge in [-0.2, -0.15) is 0 Å². The van der Waals surface area contributed by atoms with Crippen molar-refractivity contribution in [2.75, 3.05) is 5.32 Å². The molecule has 22 heavy (non-hydrogen) atoms. The molecule has 3 rings (SSSR count). The number of pyridine rings is 1. The molecule has 2 N–H and O–H groups in total. The third kappa shape index (κ3) is 2.93. The zero-order chi connectivity index (χ0) is 15.7. The van der Waals surface area contributed by atoms with Gasteiger partial charge in [0.1, 0.15) is 11.4 Å². The van der Waals surface area contributed by atoms with E-state index in [1.165, 1.54) is 24.3 Å². The Kier molecular flexibility index (Phi) is 3.79. The molecule has 0 saturated carbocycles. The Morgan fingerprint density at radius 1 is 1.32 bits per heavy atom. The van der Waals surface area contributed by atoms with E-state index in [-0.39, 0.29) is 16.9 Å². The fourth-order valence-electron chi connectivity index (χ4n) is 2.79. The lowest BCUT2D eigenvalue weighted by atomic mass is 9.87. The maximum absolute atomic E-state index is 12.9. The number of aromatic amines is 1. The van der Waals surface area contributed by atoms with E-state index in [9.17, 15) is 14.0 Å². The van der Waals surface area contributed by atoms with Crippen molar-refractivity contribution in [3.05, 3.63) is 63.3 Å². The fraction of sp³-hybridized carbons (Fsp3) is 0.294. The number of aromatic nitrogens is 1. The third-order valence-corrected chi connectivity index (χ3v) is 4.02. The number of aryl methyl sites for hydroxylation is 1. The summed E-state index contributed by atoms with van der Waals surface area (Å²) in [5.41, 5.74) is 2.13. The van der Waals surface area contributed by atoms with Gasteiger partial charge in [-0.25, -0.2) is 4.39 Å². The van der Waals surface area contributed by atoms with Gasteiger partial charge in [0.05, 0.1) is 0 Å². The number of hydrogen-bond donors (Lipinski definition) is 2. The molecule has 0 saturated heterocycles. The molecule has 1 heterocycles. The van der Waals surface area contributed by atoms with E-state index >= 15 is 0 Å². The Bertz CT molecular complexity index is 765. The van der Waals surface area contributed by atoms with Crippen molar-refractivity contribution in [3.63, 3.8) is 0 Å². The van der Waals surface area contributed by atoms with Crippen molar-refractivity contribution in [3.8, 4) is 0 Å². The van der Waals surface area contributed by atoms with Crippen LogP contribution in [0.4, 0.5) is 10.1 Å². The molecule has 5 heteroatoms. The SMILES string of the molecule is C[C@@H]1CCc2[nH]c(=O)c(C(=O)Nc3ccc(F)cc3)cc2C1. The second kappa shape index (κ2) is 5.75. The number of H-pyrrole nitrogens is 1. The topological polar surface area (TPSA) is 62.0 Å². The first-order chi connectivity index (χ1) is 10.5. The zero-order valence-electron chi connectivity index (χ0n) is 12.3. The van der Waals surface area contributed by atoms with Gasteiger partial charge in [0.25, 0.3) is 11.5 Å². The van der Waals surface area contributed by atoms with Crippen LogP contribution in [0, 0.1) is 11.7 Å². The second-order valence-electron chi connectivity index (χ2n) is 5.82. The molecule has 4 nitrogen and oxygen atoms in total. The number of anilines is 1. The summed E-state index contributed by atoms with van der Waals surface area (Å²) < 4.78 is 12.9. The zero-order valence-corrected chi connectivity index (χ0v) is 12.3. The molecule has 1 aromatic heterocycles. The van der Waals surface area contributed by atoms with Gasteiger partial charge in [0, 0.05) is 11.4 Å².